The van der Waals surface area contributed by atoms with Crippen LogP contribution in [0.15, 0.2) is 24.3 Å². The highest BCUT2D eigenvalue weighted by Gasteiger charge is 1.88. The second-order valence-electron chi connectivity index (χ2n) is 1.87. The summed E-state index contributed by atoms with van der Waals surface area (Å²) in [5, 5.41) is 0. The number of hydrogen-bond donors (Lipinski definition) is 0. The van der Waals surface area contributed by atoms with E-state index in [0.717, 1.165) is 5.56 Å². The van der Waals surface area contributed by atoms with Gasteiger partial charge in [-0.05, 0) is 24.6 Å². The van der Waals surface area contributed by atoms with Crippen LogP contribution in [0.1, 0.15) is 13.9 Å². The Bertz CT molecular complexity index is 201. The fourth-order valence-corrected chi connectivity index (χ4v) is 0.554. The highest BCUT2D eigenvalue weighted by molar-refractivity contribution is 5.22. The maximum atomic E-state index is 6.97. The van der Waals surface area contributed by atoms with Crippen molar-refractivity contribution in [2.75, 3.05) is 0 Å². The van der Waals surface area contributed by atoms with Crippen LogP contribution in [-0.4, -0.2) is 0 Å². The molecule has 0 aromatic heterocycles. The quantitative estimate of drug-likeness (QED) is 0.482. The van der Waals surface area contributed by atoms with E-state index in [9.17, 15) is 0 Å². The first kappa shape index (κ1) is 3.18. The van der Waals surface area contributed by atoms with Gasteiger partial charge in [0.05, 0.1) is 0 Å². The third-order valence-electron chi connectivity index (χ3n) is 1.05. The van der Waals surface area contributed by atoms with Gasteiger partial charge >= 0.3 is 0 Å². The van der Waals surface area contributed by atoms with Gasteiger partial charge in [0.2, 0.25) is 0 Å². The molecule has 0 aliphatic heterocycles. The van der Waals surface area contributed by atoms with Crippen molar-refractivity contribution in [2.45, 2.75) is 6.92 Å². The molecular formula is C8H9+. The van der Waals surface area contributed by atoms with E-state index in [4.69, 9.17) is 2.74 Å². The molecule has 1 aromatic rings. The molecule has 0 aliphatic rings. The lowest BCUT2D eigenvalue weighted by Crippen LogP contribution is -1.70. The summed E-state index contributed by atoms with van der Waals surface area (Å²) < 4.78 is 13.9. The van der Waals surface area contributed by atoms with Crippen LogP contribution in [0.2, 0.25) is 0 Å². The van der Waals surface area contributed by atoms with Gasteiger partial charge in [-0.2, -0.15) is 0 Å². The van der Waals surface area contributed by atoms with Crippen molar-refractivity contribution < 1.29 is 2.74 Å². The first-order valence-corrected chi connectivity index (χ1v) is 2.57. The molecule has 0 heterocycles. The molecule has 0 spiro atoms. The van der Waals surface area contributed by atoms with E-state index in [-0.39, 0.29) is 6.88 Å². The zero-order valence-corrected chi connectivity index (χ0v) is 4.81. The minimum Gasteiger partial charge on any atom is -0.0374 e. The minimum atomic E-state index is -0.125. The Morgan fingerprint density at radius 2 is 2.00 bits per heavy atom. The third kappa shape index (κ3) is 1.03. The molecule has 0 unspecified atom stereocenters. The molecule has 0 aliphatic carbocycles. The molecular weight excluding hydrogens is 96.1 g/mol. The van der Waals surface area contributed by atoms with E-state index >= 15 is 0 Å². The Labute approximate surface area is 53.0 Å². The van der Waals surface area contributed by atoms with E-state index in [1.54, 1.807) is 12.1 Å². The lowest BCUT2D eigenvalue weighted by Gasteiger charge is -1.82. The summed E-state index contributed by atoms with van der Waals surface area (Å²) in [6.07, 6.45) is 0. The summed E-state index contributed by atoms with van der Waals surface area (Å²) in [7, 11) is 0. The number of hydrogen-bond acceptors (Lipinski definition) is 0. The first-order chi connectivity index (χ1) is 4.70. The molecule has 1 rings (SSSR count). The Kier molecular flexibility index (Phi) is 0.760. The van der Waals surface area contributed by atoms with Crippen LogP contribution in [0.3, 0.4) is 0 Å². The number of rotatable bonds is 1. The minimum absolute atomic E-state index is 0.125. The van der Waals surface area contributed by atoms with Crippen molar-refractivity contribution in [1.82, 2.24) is 0 Å². The first-order valence-electron chi connectivity index (χ1n) is 3.57. The lowest BCUT2D eigenvalue weighted by atomic mass is 10.2. The van der Waals surface area contributed by atoms with Crippen LogP contribution in [0.4, 0.5) is 0 Å². The fraction of sp³-hybridized carbons (Fsp3) is 0.125. The molecule has 0 saturated heterocycles. The Morgan fingerprint density at radius 1 is 1.38 bits per heavy atom. The Morgan fingerprint density at radius 3 is 2.50 bits per heavy atom. The molecule has 0 heteroatoms. The zero-order valence-electron chi connectivity index (χ0n) is 6.81. The van der Waals surface area contributed by atoms with Gasteiger partial charge < -0.3 is 0 Å². The average Bonchev–Trinajstić information content (AvgIpc) is 1.88. The zero-order chi connectivity index (χ0) is 7.56. The summed E-state index contributed by atoms with van der Waals surface area (Å²) in [4.78, 5) is 0. The van der Waals surface area contributed by atoms with E-state index in [1.165, 1.54) is 0 Å². The molecule has 0 saturated carbocycles. The lowest BCUT2D eigenvalue weighted by molar-refractivity contribution is 1.45. The van der Waals surface area contributed by atoms with Crippen LogP contribution in [0.5, 0.6) is 0 Å². The van der Waals surface area contributed by atoms with Crippen LogP contribution in [0, 0.1) is 13.8 Å². The molecule has 0 N–H and O–H groups in total. The van der Waals surface area contributed by atoms with Gasteiger partial charge in [0.1, 0.15) is 8.30 Å². The van der Waals surface area contributed by atoms with Gasteiger partial charge in [-0.1, -0.05) is 0 Å². The molecule has 8 heavy (non-hydrogen) atoms. The summed E-state index contributed by atoms with van der Waals surface area (Å²) >= 11 is 0. The van der Waals surface area contributed by atoms with E-state index in [1.807, 2.05) is 19.1 Å². The monoisotopic (exact) mass is 107 g/mol. The molecule has 40 valence electrons. The van der Waals surface area contributed by atoms with Crippen molar-refractivity contribution in [3.05, 3.63) is 42.3 Å². The van der Waals surface area contributed by atoms with Gasteiger partial charge in [-0.15, -0.1) is 0 Å². The number of benzene rings is 1. The largest absolute Gasteiger partial charge is 0.145 e. The molecule has 0 bridgehead atoms. The fourth-order valence-electron chi connectivity index (χ4n) is 0.554. The van der Waals surface area contributed by atoms with Gasteiger partial charge in [0, 0.05) is 19.0 Å². The average molecular weight is 107 g/mol. The third-order valence-corrected chi connectivity index (χ3v) is 1.05. The topological polar surface area (TPSA) is 0 Å². The molecule has 0 fully saturated rings. The van der Waals surface area contributed by atoms with E-state index in [0.29, 0.717) is 5.56 Å². The maximum Gasteiger partial charge on any atom is 0.145 e. The Hall–Kier alpha value is -0.910. The van der Waals surface area contributed by atoms with Crippen molar-refractivity contribution in [3.63, 3.8) is 0 Å². The second-order valence-corrected chi connectivity index (χ2v) is 1.87. The van der Waals surface area contributed by atoms with Crippen molar-refractivity contribution in [1.29, 1.82) is 0 Å². The summed E-state index contributed by atoms with van der Waals surface area (Å²) in [5.74, 6) is 0. The van der Waals surface area contributed by atoms with E-state index in [2.05, 4.69) is 0 Å². The highest BCUT2D eigenvalue weighted by Crippen LogP contribution is 1.99. The van der Waals surface area contributed by atoms with Crippen LogP contribution in [0.25, 0.3) is 0 Å². The van der Waals surface area contributed by atoms with E-state index < -0.39 is 0 Å². The molecule has 0 radical (unpaired) electrons. The standard InChI is InChI=1S/C8H9/c1-7-3-5-8(2)6-4-7/h3-6H,1H2,2H3/q+1/i1D2. The summed E-state index contributed by atoms with van der Waals surface area (Å²) in [6.45, 7) is 1.86. The molecule has 0 nitrogen and oxygen atoms in total. The van der Waals surface area contributed by atoms with Gasteiger partial charge in [-0.3, -0.25) is 0 Å². The SMILES string of the molecule is [2H][C+]([2H])c1ccc(C)cc1. The maximum absolute atomic E-state index is 6.97. The molecule has 0 amide bonds. The Balaban J connectivity index is 2.89. The predicted molar refractivity (Wildman–Crippen MR) is 35.6 cm³/mol. The van der Waals surface area contributed by atoms with Crippen LogP contribution >= 0.6 is 0 Å². The smallest absolute Gasteiger partial charge is 0.0374 e. The summed E-state index contributed by atoms with van der Waals surface area (Å²) in [5.41, 5.74) is 1.83. The van der Waals surface area contributed by atoms with Crippen molar-refractivity contribution >= 4 is 0 Å². The normalized spacial score (nSPS) is 12.1. The molecule has 1 aromatic carbocycles. The van der Waals surface area contributed by atoms with Gasteiger partial charge in [-0.25, -0.2) is 0 Å². The van der Waals surface area contributed by atoms with Gasteiger partial charge in [0.25, 0.3) is 0 Å². The predicted octanol–water partition coefficient (Wildman–Crippen LogP) is 2.18. The van der Waals surface area contributed by atoms with Crippen LogP contribution < -0.4 is 0 Å². The van der Waals surface area contributed by atoms with Gasteiger partial charge in [0.15, 0.2) is 0 Å². The van der Waals surface area contributed by atoms with Crippen molar-refractivity contribution in [2.24, 2.45) is 0 Å². The second kappa shape index (κ2) is 1.91. The molecule has 0 atom stereocenters. The summed E-state index contributed by atoms with van der Waals surface area (Å²) in [6, 6.07) is 7.37. The number of aryl methyl sites for hydroxylation is 1. The highest BCUT2D eigenvalue weighted by atomic mass is 13.9. The van der Waals surface area contributed by atoms with Crippen molar-refractivity contribution in [3.8, 4) is 0 Å². The van der Waals surface area contributed by atoms with Crippen LogP contribution in [-0.2, 0) is 0 Å².